The summed E-state index contributed by atoms with van der Waals surface area (Å²) in [7, 11) is -3.55. The van der Waals surface area contributed by atoms with Crippen LogP contribution in [0.25, 0.3) is 0 Å². The fourth-order valence-electron chi connectivity index (χ4n) is 2.51. The quantitative estimate of drug-likeness (QED) is 0.395. The van der Waals surface area contributed by atoms with E-state index < -0.39 is 21.7 Å². The summed E-state index contributed by atoms with van der Waals surface area (Å²) in [5.41, 5.74) is 5.55. The Labute approximate surface area is 167 Å². The number of amides is 2. The molecule has 0 saturated heterocycles. The molecule has 10 heteroatoms. The number of anilines is 2. The molecule has 0 bridgehead atoms. The summed E-state index contributed by atoms with van der Waals surface area (Å²) in [4.78, 5) is 41.6. The van der Waals surface area contributed by atoms with E-state index in [-0.39, 0.29) is 32.8 Å². The van der Waals surface area contributed by atoms with E-state index in [1.165, 1.54) is 6.07 Å². The molecule has 0 fully saturated rings. The molecule has 8 nitrogen and oxygen atoms in total. The molecule has 2 aromatic rings. The number of sulfone groups is 1. The van der Waals surface area contributed by atoms with Crippen molar-refractivity contribution in [3.63, 3.8) is 0 Å². The first-order chi connectivity index (χ1) is 13.2. The van der Waals surface area contributed by atoms with Crippen LogP contribution in [0, 0.1) is 0 Å². The maximum Gasteiger partial charge on any atom is 0.322 e. The molecule has 2 amide bonds. The van der Waals surface area contributed by atoms with Gasteiger partial charge in [-0.05, 0) is 18.6 Å². The Bertz CT molecular complexity index is 998. The standard InChI is InChI=1S/C18H21N3O5S2/c1-3-4-5-10-14(22)12-8-6-7-9-13(12)21(17(24)16(19)23)18-20-11-15(27-18)28(2,25)26/h6-9,11H,3-5,10H2,1-2H3,(H2,19,23). The van der Waals surface area contributed by atoms with Gasteiger partial charge in [0, 0.05) is 18.2 Å². The molecule has 0 aliphatic heterocycles. The van der Waals surface area contributed by atoms with Crippen LogP contribution < -0.4 is 10.6 Å². The summed E-state index contributed by atoms with van der Waals surface area (Å²) in [5.74, 6) is -2.54. The van der Waals surface area contributed by atoms with Gasteiger partial charge >= 0.3 is 11.8 Å². The lowest BCUT2D eigenvalue weighted by Gasteiger charge is -2.21. The minimum Gasteiger partial charge on any atom is -0.361 e. The Morgan fingerprint density at radius 2 is 1.86 bits per heavy atom. The van der Waals surface area contributed by atoms with E-state index in [9.17, 15) is 22.8 Å². The highest BCUT2D eigenvalue weighted by Crippen LogP contribution is 2.34. The number of aromatic nitrogens is 1. The van der Waals surface area contributed by atoms with Gasteiger partial charge in [0.25, 0.3) is 0 Å². The van der Waals surface area contributed by atoms with E-state index in [1.54, 1.807) is 18.2 Å². The molecular formula is C18H21N3O5S2. The summed E-state index contributed by atoms with van der Waals surface area (Å²) in [6.45, 7) is 2.02. The summed E-state index contributed by atoms with van der Waals surface area (Å²) in [5, 5.41) is -0.0574. The Morgan fingerprint density at radius 1 is 1.18 bits per heavy atom. The van der Waals surface area contributed by atoms with E-state index in [2.05, 4.69) is 4.98 Å². The smallest absolute Gasteiger partial charge is 0.322 e. The number of benzene rings is 1. The summed E-state index contributed by atoms with van der Waals surface area (Å²) >= 11 is 0.717. The summed E-state index contributed by atoms with van der Waals surface area (Å²) < 4.78 is 23.4. The monoisotopic (exact) mass is 423 g/mol. The number of Topliss-reactive ketones (excluding diaryl/α,β-unsaturated/α-hetero) is 1. The lowest BCUT2D eigenvalue weighted by atomic mass is 10.0. The largest absolute Gasteiger partial charge is 0.361 e. The van der Waals surface area contributed by atoms with Crippen molar-refractivity contribution in [2.75, 3.05) is 11.2 Å². The van der Waals surface area contributed by atoms with E-state index in [1.807, 2.05) is 6.92 Å². The normalized spacial score (nSPS) is 11.2. The number of primary amides is 1. The molecule has 2 N–H and O–H groups in total. The number of hydrogen-bond acceptors (Lipinski definition) is 7. The van der Waals surface area contributed by atoms with E-state index in [4.69, 9.17) is 5.73 Å². The predicted octanol–water partition coefficient (Wildman–Crippen LogP) is 2.46. The van der Waals surface area contributed by atoms with Gasteiger partial charge < -0.3 is 5.73 Å². The molecule has 0 atom stereocenters. The van der Waals surface area contributed by atoms with Crippen molar-refractivity contribution in [2.24, 2.45) is 5.73 Å². The first-order valence-electron chi connectivity index (χ1n) is 8.58. The Balaban J connectivity index is 2.54. The molecule has 0 aliphatic rings. The van der Waals surface area contributed by atoms with Gasteiger partial charge in [-0.2, -0.15) is 0 Å². The number of para-hydroxylation sites is 1. The molecule has 2 rings (SSSR count). The van der Waals surface area contributed by atoms with Crippen LogP contribution in [-0.2, 0) is 19.4 Å². The number of carbonyl (C=O) groups excluding carboxylic acids is 3. The molecule has 1 heterocycles. The van der Waals surface area contributed by atoms with Crippen LogP contribution in [0.1, 0.15) is 43.0 Å². The number of ketones is 1. The number of carbonyl (C=O) groups is 3. The molecule has 0 radical (unpaired) electrons. The van der Waals surface area contributed by atoms with Gasteiger partial charge in [-0.3, -0.25) is 14.4 Å². The lowest BCUT2D eigenvalue weighted by molar-refractivity contribution is -0.135. The zero-order valence-corrected chi connectivity index (χ0v) is 17.2. The first kappa shape index (κ1) is 21.7. The SMILES string of the molecule is CCCCCC(=O)c1ccccc1N(C(=O)C(N)=O)c1ncc(S(C)(=O)=O)s1. The van der Waals surface area contributed by atoms with Crippen molar-refractivity contribution in [3.05, 3.63) is 36.0 Å². The van der Waals surface area contributed by atoms with Crippen molar-refractivity contribution in [1.29, 1.82) is 0 Å². The Morgan fingerprint density at radius 3 is 2.43 bits per heavy atom. The van der Waals surface area contributed by atoms with Crippen LogP contribution in [0.15, 0.2) is 34.7 Å². The highest BCUT2D eigenvalue weighted by molar-refractivity contribution is 7.92. The highest BCUT2D eigenvalue weighted by atomic mass is 32.2. The number of hydrogen-bond donors (Lipinski definition) is 1. The third-order valence-electron chi connectivity index (χ3n) is 3.90. The van der Waals surface area contributed by atoms with Crippen LogP contribution in [-0.4, -0.2) is 37.3 Å². The van der Waals surface area contributed by atoms with E-state index >= 15 is 0 Å². The van der Waals surface area contributed by atoms with Crippen molar-refractivity contribution in [2.45, 2.75) is 36.8 Å². The topological polar surface area (TPSA) is 128 Å². The van der Waals surface area contributed by atoms with Gasteiger partial charge in [0.15, 0.2) is 20.8 Å². The third-order valence-corrected chi connectivity index (χ3v) is 6.67. The molecule has 1 aromatic heterocycles. The number of nitrogens with zero attached hydrogens (tertiary/aromatic N) is 2. The van der Waals surface area contributed by atoms with Gasteiger partial charge in [0.05, 0.1) is 11.9 Å². The van der Waals surface area contributed by atoms with Gasteiger partial charge in [-0.25, -0.2) is 18.3 Å². The third kappa shape index (κ3) is 5.02. The van der Waals surface area contributed by atoms with Crippen LogP contribution in [0.4, 0.5) is 10.8 Å². The highest BCUT2D eigenvalue weighted by Gasteiger charge is 2.29. The van der Waals surface area contributed by atoms with Crippen LogP contribution >= 0.6 is 11.3 Å². The van der Waals surface area contributed by atoms with Crippen LogP contribution in [0.2, 0.25) is 0 Å². The predicted molar refractivity (Wildman–Crippen MR) is 106 cm³/mol. The van der Waals surface area contributed by atoms with Crippen LogP contribution in [0.5, 0.6) is 0 Å². The number of nitrogens with two attached hydrogens (primary N) is 1. The second-order valence-corrected chi connectivity index (χ2v) is 9.39. The van der Waals surface area contributed by atoms with E-state index in [0.29, 0.717) is 6.42 Å². The second kappa shape index (κ2) is 9.07. The molecule has 0 unspecified atom stereocenters. The maximum absolute atomic E-state index is 12.7. The molecule has 0 saturated carbocycles. The van der Waals surface area contributed by atoms with Gasteiger partial charge in [-0.1, -0.05) is 43.2 Å². The maximum atomic E-state index is 12.7. The van der Waals surface area contributed by atoms with Gasteiger partial charge in [0.1, 0.15) is 4.21 Å². The Hall–Kier alpha value is -2.59. The number of thiazole rings is 1. The molecular weight excluding hydrogens is 402 g/mol. The molecule has 0 spiro atoms. The van der Waals surface area contributed by atoms with E-state index in [0.717, 1.165) is 41.5 Å². The average Bonchev–Trinajstić information content (AvgIpc) is 3.12. The zero-order valence-electron chi connectivity index (χ0n) is 15.5. The fraction of sp³-hybridized carbons (Fsp3) is 0.333. The number of unbranched alkanes of at least 4 members (excludes halogenated alkanes) is 2. The second-order valence-electron chi connectivity index (χ2n) is 6.14. The van der Waals surface area contributed by atoms with Gasteiger partial charge in [0.2, 0.25) is 0 Å². The summed E-state index contributed by atoms with van der Waals surface area (Å²) in [6, 6.07) is 6.29. The van der Waals surface area contributed by atoms with Crippen molar-refractivity contribution < 1.29 is 22.8 Å². The molecule has 28 heavy (non-hydrogen) atoms. The lowest BCUT2D eigenvalue weighted by Crippen LogP contribution is -2.38. The zero-order chi connectivity index (χ0) is 20.9. The molecule has 0 aliphatic carbocycles. The van der Waals surface area contributed by atoms with Gasteiger partial charge in [-0.15, -0.1) is 0 Å². The molecule has 150 valence electrons. The minimum atomic E-state index is -3.55. The fourth-order valence-corrected chi connectivity index (χ4v) is 4.25. The van der Waals surface area contributed by atoms with Crippen LogP contribution in [0.3, 0.4) is 0 Å². The van der Waals surface area contributed by atoms with Crippen molar-refractivity contribution >= 4 is 49.6 Å². The Kier molecular flexibility index (Phi) is 7.03. The first-order valence-corrected chi connectivity index (χ1v) is 11.3. The van der Waals surface area contributed by atoms with Crippen molar-refractivity contribution in [1.82, 2.24) is 4.98 Å². The number of rotatable bonds is 8. The summed E-state index contributed by atoms with van der Waals surface area (Å²) in [6.07, 6.45) is 4.94. The minimum absolute atomic E-state index is 0.0574. The molecule has 1 aromatic carbocycles. The van der Waals surface area contributed by atoms with Crippen molar-refractivity contribution in [3.8, 4) is 0 Å². The average molecular weight is 424 g/mol.